The fourth-order valence-corrected chi connectivity index (χ4v) is 6.75. The smallest absolute Gasteiger partial charge is 0.277 e. The fraction of sp³-hybridized carbons (Fsp3) is 0.696. The zero-order valence-electron chi connectivity index (χ0n) is 16.2. The number of hydrogen-bond donors (Lipinski definition) is 1. The Labute approximate surface area is 162 Å². The molecule has 0 unspecified atom stereocenters. The van der Waals surface area contributed by atoms with E-state index < -0.39 is 0 Å². The molecule has 0 atom stereocenters. The van der Waals surface area contributed by atoms with E-state index >= 15 is 0 Å². The zero-order valence-corrected chi connectivity index (χ0v) is 16.2. The molecule has 6 rings (SSSR count). The quantitative estimate of drug-likeness (QED) is 0.798. The van der Waals surface area contributed by atoms with Gasteiger partial charge in [-0.05, 0) is 99.8 Å². The molecule has 5 fully saturated rings. The molecule has 0 spiro atoms. The summed E-state index contributed by atoms with van der Waals surface area (Å²) in [6, 6.07) is 9.69. The van der Waals surface area contributed by atoms with Crippen molar-refractivity contribution in [3.8, 4) is 0 Å². The summed E-state index contributed by atoms with van der Waals surface area (Å²) in [5.41, 5.74) is 1.04. The van der Waals surface area contributed by atoms with Crippen molar-refractivity contribution in [1.29, 1.82) is 0 Å². The maximum Gasteiger partial charge on any atom is 0.277 e. The topological polar surface area (TPSA) is 41.6 Å². The molecule has 1 aliphatic heterocycles. The molecule has 4 heteroatoms. The standard InChI is InChI=1S/C23H32N2O2/c26-22(20-4-2-1-3-5-20)25(27-21-6-8-24-9-7-21)16-23-13-17-10-18(14-23)12-19(11-17)15-23/h1-5,17-19,21,24H,6-16H2. The molecule has 4 aliphatic carbocycles. The molecular formula is C23H32N2O2. The summed E-state index contributed by atoms with van der Waals surface area (Å²) in [6.07, 6.45) is 10.3. The van der Waals surface area contributed by atoms with E-state index in [2.05, 4.69) is 5.32 Å². The van der Waals surface area contributed by atoms with Gasteiger partial charge in [0.15, 0.2) is 0 Å². The van der Waals surface area contributed by atoms with Gasteiger partial charge >= 0.3 is 0 Å². The average molecular weight is 369 g/mol. The molecule has 0 aromatic heterocycles. The van der Waals surface area contributed by atoms with Crippen LogP contribution in [-0.2, 0) is 4.84 Å². The van der Waals surface area contributed by atoms with E-state index in [1.54, 1.807) is 5.06 Å². The Morgan fingerprint density at radius 2 is 1.59 bits per heavy atom. The van der Waals surface area contributed by atoms with Gasteiger partial charge in [0, 0.05) is 5.56 Å². The van der Waals surface area contributed by atoms with E-state index in [1.807, 2.05) is 30.3 Å². The first kappa shape index (κ1) is 17.7. The van der Waals surface area contributed by atoms with Crippen LogP contribution in [0.2, 0.25) is 0 Å². The van der Waals surface area contributed by atoms with Crippen LogP contribution in [0.15, 0.2) is 30.3 Å². The van der Waals surface area contributed by atoms with Crippen molar-refractivity contribution >= 4 is 5.91 Å². The second-order valence-electron chi connectivity index (χ2n) is 9.68. The molecule has 146 valence electrons. The van der Waals surface area contributed by atoms with E-state index in [9.17, 15) is 4.79 Å². The number of amides is 1. The third-order valence-corrected chi connectivity index (χ3v) is 7.45. The minimum atomic E-state index is 0.0462. The predicted molar refractivity (Wildman–Crippen MR) is 105 cm³/mol. The van der Waals surface area contributed by atoms with E-state index in [-0.39, 0.29) is 12.0 Å². The lowest BCUT2D eigenvalue weighted by Crippen LogP contribution is -2.53. The van der Waals surface area contributed by atoms with Crippen LogP contribution in [0, 0.1) is 23.2 Å². The molecule has 4 nitrogen and oxygen atoms in total. The summed E-state index contributed by atoms with van der Waals surface area (Å²) in [7, 11) is 0. The normalized spacial score (nSPS) is 35.3. The SMILES string of the molecule is O=C(c1ccccc1)N(CC12CC3CC(CC(C3)C1)C2)OC1CCNCC1. The molecule has 1 heterocycles. The molecule has 1 aromatic rings. The maximum absolute atomic E-state index is 13.3. The van der Waals surface area contributed by atoms with Crippen LogP contribution >= 0.6 is 0 Å². The number of carbonyl (C=O) groups is 1. The number of carbonyl (C=O) groups excluding carboxylic acids is 1. The van der Waals surface area contributed by atoms with Crippen molar-refractivity contribution in [2.75, 3.05) is 19.6 Å². The molecule has 27 heavy (non-hydrogen) atoms. The number of hydrogen-bond acceptors (Lipinski definition) is 3. The maximum atomic E-state index is 13.3. The molecule has 4 bridgehead atoms. The van der Waals surface area contributed by atoms with Crippen molar-refractivity contribution in [3.05, 3.63) is 35.9 Å². The summed E-state index contributed by atoms with van der Waals surface area (Å²) in [4.78, 5) is 19.7. The van der Waals surface area contributed by atoms with Gasteiger partial charge in [-0.25, -0.2) is 5.06 Å². The van der Waals surface area contributed by atoms with Crippen LogP contribution in [-0.4, -0.2) is 36.7 Å². The molecule has 1 N–H and O–H groups in total. The Balaban J connectivity index is 1.37. The lowest BCUT2D eigenvalue weighted by molar-refractivity contribution is -0.200. The summed E-state index contributed by atoms with van der Waals surface area (Å²) < 4.78 is 0. The highest BCUT2D eigenvalue weighted by atomic mass is 16.7. The van der Waals surface area contributed by atoms with Crippen LogP contribution in [0.1, 0.15) is 61.7 Å². The van der Waals surface area contributed by atoms with Gasteiger partial charge in [-0.15, -0.1) is 0 Å². The highest BCUT2D eigenvalue weighted by Crippen LogP contribution is 2.60. The van der Waals surface area contributed by atoms with Gasteiger partial charge in [0.2, 0.25) is 0 Å². The molecule has 1 saturated heterocycles. The van der Waals surface area contributed by atoms with E-state index in [0.717, 1.165) is 55.8 Å². The number of nitrogens with zero attached hydrogens (tertiary/aromatic N) is 1. The summed E-state index contributed by atoms with van der Waals surface area (Å²) in [6.45, 7) is 2.75. The second kappa shape index (κ2) is 7.21. The Morgan fingerprint density at radius 3 is 2.19 bits per heavy atom. The lowest BCUT2D eigenvalue weighted by Gasteiger charge is -2.57. The van der Waals surface area contributed by atoms with E-state index in [1.165, 1.54) is 38.5 Å². The Morgan fingerprint density at radius 1 is 1.00 bits per heavy atom. The van der Waals surface area contributed by atoms with Crippen LogP contribution in [0.3, 0.4) is 0 Å². The van der Waals surface area contributed by atoms with Gasteiger partial charge in [-0.1, -0.05) is 18.2 Å². The monoisotopic (exact) mass is 368 g/mol. The number of piperidine rings is 1. The van der Waals surface area contributed by atoms with Crippen molar-refractivity contribution in [1.82, 2.24) is 10.4 Å². The fourth-order valence-electron chi connectivity index (χ4n) is 6.75. The molecular weight excluding hydrogens is 336 g/mol. The minimum Gasteiger partial charge on any atom is -0.317 e. The number of nitrogens with one attached hydrogen (secondary N) is 1. The molecule has 5 aliphatic rings. The van der Waals surface area contributed by atoms with E-state index in [4.69, 9.17) is 4.84 Å². The number of hydroxylamine groups is 2. The van der Waals surface area contributed by atoms with Crippen LogP contribution < -0.4 is 5.32 Å². The lowest BCUT2D eigenvalue weighted by atomic mass is 9.49. The van der Waals surface area contributed by atoms with Crippen molar-refractivity contribution in [2.24, 2.45) is 23.2 Å². The van der Waals surface area contributed by atoms with Crippen LogP contribution in [0.25, 0.3) is 0 Å². The van der Waals surface area contributed by atoms with Crippen molar-refractivity contribution in [3.63, 3.8) is 0 Å². The third-order valence-electron chi connectivity index (χ3n) is 7.45. The summed E-state index contributed by atoms with van der Waals surface area (Å²) in [5.74, 6) is 2.72. The Bertz CT molecular complexity index is 633. The summed E-state index contributed by atoms with van der Waals surface area (Å²) >= 11 is 0. The van der Waals surface area contributed by atoms with Gasteiger partial charge in [0.05, 0.1) is 12.6 Å². The molecule has 1 aromatic carbocycles. The molecule has 4 saturated carbocycles. The van der Waals surface area contributed by atoms with Crippen LogP contribution in [0.4, 0.5) is 0 Å². The molecule has 0 radical (unpaired) electrons. The second-order valence-corrected chi connectivity index (χ2v) is 9.68. The summed E-state index contributed by atoms with van der Waals surface area (Å²) in [5, 5.41) is 5.17. The first-order valence-corrected chi connectivity index (χ1v) is 10.9. The van der Waals surface area contributed by atoms with Gasteiger partial charge in [0.1, 0.15) is 0 Å². The largest absolute Gasteiger partial charge is 0.317 e. The highest BCUT2D eigenvalue weighted by molar-refractivity contribution is 5.93. The number of benzene rings is 1. The van der Waals surface area contributed by atoms with Gasteiger partial charge in [-0.2, -0.15) is 0 Å². The first-order valence-electron chi connectivity index (χ1n) is 10.9. The average Bonchev–Trinajstić information content (AvgIpc) is 2.67. The van der Waals surface area contributed by atoms with Gasteiger partial charge in [-0.3, -0.25) is 9.63 Å². The Hall–Kier alpha value is -1.39. The first-order chi connectivity index (χ1) is 13.2. The Kier molecular flexibility index (Phi) is 4.73. The van der Waals surface area contributed by atoms with Crippen molar-refractivity contribution in [2.45, 2.75) is 57.5 Å². The molecule has 1 amide bonds. The van der Waals surface area contributed by atoms with Gasteiger partial charge < -0.3 is 5.32 Å². The highest BCUT2D eigenvalue weighted by Gasteiger charge is 2.52. The predicted octanol–water partition coefficient (Wildman–Crippen LogP) is 4.03. The van der Waals surface area contributed by atoms with Gasteiger partial charge in [0.25, 0.3) is 5.91 Å². The zero-order chi connectivity index (χ0) is 18.3. The minimum absolute atomic E-state index is 0.0462. The van der Waals surface area contributed by atoms with E-state index in [0.29, 0.717) is 5.41 Å². The number of rotatable bonds is 5. The van der Waals surface area contributed by atoms with Crippen LogP contribution in [0.5, 0.6) is 0 Å². The third kappa shape index (κ3) is 3.66. The van der Waals surface area contributed by atoms with Crippen molar-refractivity contribution < 1.29 is 9.63 Å².